The predicted octanol–water partition coefficient (Wildman–Crippen LogP) is 3.72. The smallest absolute Gasteiger partial charge is 0.119 e. The number of hydrogen-bond acceptors (Lipinski definition) is 2. The molecule has 1 N–H and O–H groups in total. The van der Waals surface area contributed by atoms with Crippen LogP contribution < -0.4 is 10.1 Å². The summed E-state index contributed by atoms with van der Waals surface area (Å²) < 4.78 is 6.11. The van der Waals surface area contributed by atoms with E-state index in [0.717, 1.165) is 12.3 Å². The Kier molecular flexibility index (Phi) is 4.65. The third-order valence-corrected chi connectivity index (χ3v) is 3.75. The largest absolute Gasteiger partial charge is 0.489 e. The highest BCUT2D eigenvalue weighted by atomic mass is 16.5. The van der Waals surface area contributed by atoms with Crippen LogP contribution in [0, 0.1) is 0 Å². The Balaban J connectivity index is 1.96. The van der Waals surface area contributed by atoms with E-state index in [9.17, 15) is 0 Å². The first-order valence-corrected chi connectivity index (χ1v) is 7.20. The molecule has 1 aliphatic carbocycles. The fraction of sp³-hybridized carbons (Fsp3) is 0.625. The van der Waals surface area contributed by atoms with Crippen LogP contribution in [0.3, 0.4) is 0 Å². The van der Waals surface area contributed by atoms with Gasteiger partial charge in [0.25, 0.3) is 0 Å². The topological polar surface area (TPSA) is 21.3 Å². The molecule has 100 valence electrons. The van der Waals surface area contributed by atoms with E-state index in [4.69, 9.17) is 4.74 Å². The molecule has 0 bridgehead atoms. The third-order valence-electron chi connectivity index (χ3n) is 3.75. The molecule has 2 nitrogen and oxygen atoms in total. The predicted molar refractivity (Wildman–Crippen MR) is 76.3 cm³/mol. The molecular weight excluding hydrogens is 222 g/mol. The van der Waals surface area contributed by atoms with Gasteiger partial charge in [0.1, 0.15) is 11.9 Å². The van der Waals surface area contributed by atoms with Crippen LogP contribution in [-0.2, 0) is 0 Å². The molecule has 1 aliphatic rings. The second-order valence-corrected chi connectivity index (χ2v) is 5.48. The molecule has 1 aromatic rings. The van der Waals surface area contributed by atoms with Gasteiger partial charge in [0.15, 0.2) is 0 Å². The zero-order valence-corrected chi connectivity index (χ0v) is 11.8. The molecule has 0 heterocycles. The van der Waals surface area contributed by atoms with Gasteiger partial charge in [-0.25, -0.2) is 0 Å². The summed E-state index contributed by atoms with van der Waals surface area (Å²) in [6, 6.07) is 9.10. The standard InChI is InChI=1S/C16H25NO/c1-4-17-15-6-5-7-16(15)18-14-10-8-13(9-11-14)12(2)3/h8-12,15-17H,4-7H2,1-3H3. The molecule has 0 saturated heterocycles. The highest BCUT2D eigenvalue weighted by Gasteiger charge is 2.27. The van der Waals surface area contributed by atoms with E-state index in [1.165, 1.54) is 24.8 Å². The van der Waals surface area contributed by atoms with Crippen LogP contribution in [0.2, 0.25) is 0 Å². The molecule has 0 spiro atoms. The first kappa shape index (κ1) is 13.4. The minimum Gasteiger partial charge on any atom is -0.489 e. The van der Waals surface area contributed by atoms with E-state index < -0.39 is 0 Å². The number of hydrogen-bond donors (Lipinski definition) is 1. The number of nitrogens with one attached hydrogen (secondary N) is 1. The first-order chi connectivity index (χ1) is 8.70. The van der Waals surface area contributed by atoms with Gasteiger partial charge < -0.3 is 10.1 Å². The normalized spacial score (nSPS) is 23.6. The SMILES string of the molecule is CCNC1CCCC1Oc1ccc(C(C)C)cc1. The first-order valence-electron chi connectivity index (χ1n) is 7.20. The van der Waals surface area contributed by atoms with Gasteiger partial charge in [0.2, 0.25) is 0 Å². The number of benzene rings is 1. The highest BCUT2D eigenvalue weighted by molar-refractivity contribution is 5.29. The summed E-state index contributed by atoms with van der Waals surface area (Å²) in [5.74, 6) is 1.59. The van der Waals surface area contributed by atoms with Crippen LogP contribution in [0.4, 0.5) is 0 Å². The fourth-order valence-electron chi connectivity index (χ4n) is 2.67. The molecular formula is C16H25NO. The Morgan fingerprint density at radius 2 is 1.94 bits per heavy atom. The minimum absolute atomic E-state index is 0.342. The molecule has 1 saturated carbocycles. The molecule has 1 fully saturated rings. The zero-order chi connectivity index (χ0) is 13.0. The molecule has 0 aliphatic heterocycles. The Bertz CT molecular complexity index is 358. The summed E-state index contributed by atoms with van der Waals surface area (Å²) in [5.41, 5.74) is 1.37. The Hall–Kier alpha value is -1.02. The van der Waals surface area contributed by atoms with Crippen molar-refractivity contribution in [2.24, 2.45) is 0 Å². The van der Waals surface area contributed by atoms with E-state index in [2.05, 4.69) is 50.4 Å². The van der Waals surface area contributed by atoms with Crippen molar-refractivity contribution in [3.8, 4) is 5.75 Å². The van der Waals surface area contributed by atoms with E-state index in [-0.39, 0.29) is 0 Å². The van der Waals surface area contributed by atoms with Gasteiger partial charge in [-0.1, -0.05) is 32.9 Å². The molecule has 0 aromatic heterocycles. The van der Waals surface area contributed by atoms with Crippen LogP contribution in [0.15, 0.2) is 24.3 Å². The van der Waals surface area contributed by atoms with Crippen molar-refractivity contribution in [1.82, 2.24) is 5.32 Å². The average Bonchev–Trinajstić information content (AvgIpc) is 2.78. The molecule has 0 radical (unpaired) electrons. The van der Waals surface area contributed by atoms with Gasteiger partial charge in [-0.15, -0.1) is 0 Å². The summed E-state index contributed by atoms with van der Waals surface area (Å²) in [5, 5.41) is 3.52. The van der Waals surface area contributed by atoms with Gasteiger partial charge in [-0.05, 0) is 49.4 Å². The number of ether oxygens (including phenoxy) is 1. The van der Waals surface area contributed by atoms with Crippen molar-refractivity contribution >= 4 is 0 Å². The number of rotatable bonds is 5. The van der Waals surface area contributed by atoms with Crippen LogP contribution in [-0.4, -0.2) is 18.7 Å². The molecule has 18 heavy (non-hydrogen) atoms. The maximum Gasteiger partial charge on any atom is 0.119 e. The fourth-order valence-corrected chi connectivity index (χ4v) is 2.67. The highest BCUT2D eigenvalue weighted by Crippen LogP contribution is 2.26. The van der Waals surface area contributed by atoms with Gasteiger partial charge >= 0.3 is 0 Å². The quantitative estimate of drug-likeness (QED) is 0.856. The van der Waals surface area contributed by atoms with Crippen molar-refractivity contribution < 1.29 is 4.74 Å². The Labute approximate surface area is 111 Å². The average molecular weight is 247 g/mol. The maximum atomic E-state index is 6.11. The summed E-state index contributed by atoms with van der Waals surface area (Å²) in [6.07, 6.45) is 4.02. The molecule has 1 aromatic carbocycles. The summed E-state index contributed by atoms with van der Waals surface area (Å²) in [7, 11) is 0. The van der Waals surface area contributed by atoms with Gasteiger partial charge in [0, 0.05) is 6.04 Å². The molecule has 2 rings (SSSR count). The lowest BCUT2D eigenvalue weighted by Gasteiger charge is -2.22. The van der Waals surface area contributed by atoms with Crippen molar-refractivity contribution in [2.75, 3.05) is 6.54 Å². The maximum absolute atomic E-state index is 6.11. The lowest BCUT2D eigenvalue weighted by atomic mass is 10.0. The van der Waals surface area contributed by atoms with E-state index >= 15 is 0 Å². The van der Waals surface area contributed by atoms with Gasteiger partial charge in [-0.2, -0.15) is 0 Å². The van der Waals surface area contributed by atoms with Crippen LogP contribution in [0.25, 0.3) is 0 Å². The lowest BCUT2D eigenvalue weighted by molar-refractivity contribution is 0.176. The van der Waals surface area contributed by atoms with Crippen molar-refractivity contribution in [3.63, 3.8) is 0 Å². The Morgan fingerprint density at radius 1 is 1.22 bits per heavy atom. The summed E-state index contributed by atoms with van der Waals surface area (Å²) >= 11 is 0. The van der Waals surface area contributed by atoms with E-state index in [0.29, 0.717) is 18.1 Å². The van der Waals surface area contributed by atoms with Crippen LogP contribution >= 0.6 is 0 Å². The van der Waals surface area contributed by atoms with E-state index in [1.54, 1.807) is 0 Å². The second kappa shape index (κ2) is 6.24. The zero-order valence-electron chi connectivity index (χ0n) is 11.8. The second-order valence-electron chi connectivity index (χ2n) is 5.48. The molecule has 0 amide bonds. The monoisotopic (exact) mass is 247 g/mol. The Morgan fingerprint density at radius 3 is 2.56 bits per heavy atom. The van der Waals surface area contributed by atoms with Crippen molar-refractivity contribution in [2.45, 2.75) is 58.1 Å². The minimum atomic E-state index is 0.342. The summed E-state index contributed by atoms with van der Waals surface area (Å²) in [6.45, 7) is 7.62. The van der Waals surface area contributed by atoms with Crippen LogP contribution in [0.1, 0.15) is 51.5 Å². The van der Waals surface area contributed by atoms with Gasteiger partial charge in [0.05, 0.1) is 0 Å². The lowest BCUT2D eigenvalue weighted by Crippen LogP contribution is -2.38. The third kappa shape index (κ3) is 3.26. The molecule has 2 heteroatoms. The van der Waals surface area contributed by atoms with Crippen molar-refractivity contribution in [1.29, 1.82) is 0 Å². The molecule has 2 unspecified atom stereocenters. The van der Waals surface area contributed by atoms with Gasteiger partial charge in [-0.3, -0.25) is 0 Å². The van der Waals surface area contributed by atoms with Crippen LogP contribution in [0.5, 0.6) is 5.75 Å². The van der Waals surface area contributed by atoms with Crippen molar-refractivity contribution in [3.05, 3.63) is 29.8 Å². The summed E-state index contributed by atoms with van der Waals surface area (Å²) in [4.78, 5) is 0. The van der Waals surface area contributed by atoms with E-state index in [1.807, 2.05) is 0 Å². The molecule has 2 atom stereocenters. The number of likely N-dealkylation sites (N-methyl/N-ethyl adjacent to an activating group) is 1.